The maximum absolute atomic E-state index is 12.5. The second-order valence-corrected chi connectivity index (χ2v) is 6.22. The summed E-state index contributed by atoms with van der Waals surface area (Å²) in [4.78, 5) is 12.5. The number of amides is 1. The van der Waals surface area contributed by atoms with E-state index in [0.717, 1.165) is 43.6 Å². The second kappa shape index (κ2) is 7.93. The van der Waals surface area contributed by atoms with Gasteiger partial charge in [0.1, 0.15) is 0 Å². The molecule has 3 nitrogen and oxygen atoms in total. The van der Waals surface area contributed by atoms with E-state index in [1.165, 1.54) is 12.0 Å². The van der Waals surface area contributed by atoms with Crippen LogP contribution in [0.2, 0.25) is 0 Å². The predicted octanol–water partition coefficient (Wildman–Crippen LogP) is 3.01. The van der Waals surface area contributed by atoms with Crippen LogP contribution < -0.4 is 10.6 Å². The second-order valence-electron chi connectivity index (χ2n) is 6.22. The molecule has 2 N–H and O–H groups in total. The molecule has 1 fully saturated rings. The fourth-order valence-corrected chi connectivity index (χ4v) is 3.16. The molecular formula is C20H24N2O. The minimum Gasteiger partial charge on any atom is -0.352 e. The SMILES string of the molecule is O=C(NCCC1CCNC1)c1ccccc1Cc1ccccc1. The largest absolute Gasteiger partial charge is 0.352 e. The van der Waals surface area contributed by atoms with Crippen molar-refractivity contribution in [1.82, 2.24) is 10.6 Å². The van der Waals surface area contributed by atoms with Crippen molar-refractivity contribution in [3.63, 3.8) is 0 Å². The maximum Gasteiger partial charge on any atom is 0.251 e. The van der Waals surface area contributed by atoms with Crippen molar-refractivity contribution in [1.29, 1.82) is 0 Å². The molecule has 3 heteroatoms. The smallest absolute Gasteiger partial charge is 0.251 e. The minimum absolute atomic E-state index is 0.0440. The first-order valence-corrected chi connectivity index (χ1v) is 8.43. The molecule has 0 spiro atoms. The van der Waals surface area contributed by atoms with E-state index < -0.39 is 0 Å². The molecule has 0 saturated carbocycles. The van der Waals surface area contributed by atoms with Gasteiger partial charge in [0.2, 0.25) is 0 Å². The van der Waals surface area contributed by atoms with Gasteiger partial charge in [0, 0.05) is 12.1 Å². The molecule has 120 valence electrons. The Morgan fingerprint density at radius 1 is 1.09 bits per heavy atom. The van der Waals surface area contributed by atoms with Crippen LogP contribution in [-0.4, -0.2) is 25.5 Å². The molecule has 1 atom stereocenters. The van der Waals surface area contributed by atoms with Gasteiger partial charge in [0.15, 0.2) is 0 Å². The summed E-state index contributed by atoms with van der Waals surface area (Å²) in [5.41, 5.74) is 3.10. The fraction of sp³-hybridized carbons (Fsp3) is 0.350. The fourth-order valence-electron chi connectivity index (χ4n) is 3.16. The zero-order valence-corrected chi connectivity index (χ0v) is 13.4. The number of benzene rings is 2. The van der Waals surface area contributed by atoms with Gasteiger partial charge in [-0.05, 0) is 55.5 Å². The molecule has 1 aliphatic rings. The van der Waals surface area contributed by atoms with Crippen LogP contribution in [0.3, 0.4) is 0 Å². The first-order chi connectivity index (χ1) is 11.3. The Bertz CT molecular complexity index is 633. The molecule has 0 aliphatic carbocycles. The van der Waals surface area contributed by atoms with E-state index >= 15 is 0 Å². The lowest BCUT2D eigenvalue weighted by atomic mass is 9.99. The Morgan fingerprint density at radius 3 is 2.65 bits per heavy atom. The Hall–Kier alpha value is -2.13. The quantitative estimate of drug-likeness (QED) is 0.861. The van der Waals surface area contributed by atoms with Crippen molar-refractivity contribution in [2.45, 2.75) is 19.3 Å². The minimum atomic E-state index is 0.0440. The average Bonchev–Trinajstić information content (AvgIpc) is 3.09. The molecular weight excluding hydrogens is 284 g/mol. The molecule has 1 amide bonds. The number of carbonyl (C=O) groups excluding carboxylic acids is 1. The normalized spacial score (nSPS) is 17.1. The van der Waals surface area contributed by atoms with E-state index in [2.05, 4.69) is 22.8 Å². The highest BCUT2D eigenvalue weighted by Gasteiger charge is 2.15. The number of nitrogens with one attached hydrogen (secondary N) is 2. The monoisotopic (exact) mass is 308 g/mol. The highest BCUT2D eigenvalue weighted by molar-refractivity contribution is 5.95. The zero-order chi connectivity index (χ0) is 15.9. The molecule has 2 aromatic carbocycles. The van der Waals surface area contributed by atoms with Gasteiger partial charge in [0.05, 0.1) is 0 Å². The zero-order valence-electron chi connectivity index (χ0n) is 13.4. The van der Waals surface area contributed by atoms with Gasteiger partial charge >= 0.3 is 0 Å². The standard InChI is InChI=1S/C20H24N2O/c23-20(22-13-11-17-10-12-21-15-17)19-9-5-4-8-18(19)14-16-6-2-1-3-7-16/h1-9,17,21H,10-15H2,(H,22,23). The van der Waals surface area contributed by atoms with Crippen molar-refractivity contribution >= 4 is 5.91 Å². The number of hydrogen-bond donors (Lipinski definition) is 2. The highest BCUT2D eigenvalue weighted by atomic mass is 16.1. The van der Waals surface area contributed by atoms with Crippen molar-refractivity contribution in [2.24, 2.45) is 5.92 Å². The van der Waals surface area contributed by atoms with Gasteiger partial charge in [-0.15, -0.1) is 0 Å². The molecule has 1 heterocycles. The molecule has 0 radical (unpaired) electrons. The predicted molar refractivity (Wildman–Crippen MR) is 93.6 cm³/mol. The summed E-state index contributed by atoms with van der Waals surface area (Å²) in [7, 11) is 0. The third-order valence-electron chi connectivity index (χ3n) is 4.50. The van der Waals surface area contributed by atoms with E-state index in [0.29, 0.717) is 5.92 Å². The third kappa shape index (κ3) is 4.42. The topological polar surface area (TPSA) is 41.1 Å². The van der Waals surface area contributed by atoms with Gasteiger partial charge in [-0.2, -0.15) is 0 Å². The van der Waals surface area contributed by atoms with Crippen molar-refractivity contribution in [3.05, 3.63) is 71.3 Å². The average molecular weight is 308 g/mol. The Morgan fingerprint density at radius 2 is 1.87 bits per heavy atom. The summed E-state index contributed by atoms with van der Waals surface area (Å²) in [6.45, 7) is 2.95. The number of rotatable bonds is 6. The molecule has 2 aromatic rings. The van der Waals surface area contributed by atoms with Crippen LogP contribution in [0.15, 0.2) is 54.6 Å². The van der Waals surface area contributed by atoms with Gasteiger partial charge in [-0.3, -0.25) is 4.79 Å². The molecule has 0 aromatic heterocycles. The van der Waals surface area contributed by atoms with E-state index in [-0.39, 0.29) is 5.91 Å². The molecule has 1 saturated heterocycles. The number of carbonyl (C=O) groups is 1. The Balaban J connectivity index is 1.61. The highest BCUT2D eigenvalue weighted by Crippen LogP contribution is 2.15. The Labute approximate surface area is 138 Å². The van der Waals surface area contributed by atoms with Gasteiger partial charge in [0.25, 0.3) is 5.91 Å². The molecule has 3 rings (SSSR count). The van der Waals surface area contributed by atoms with Gasteiger partial charge < -0.3 is 10.6 Å². The summed E-state index contributed by atoms with van der Waals surface area (Å²) >= 11 is 0. The van der Waals surface area contributed by atoms with Crippen LogP contribution in [-0.2, 0) is 6.42 Å². The third-order valence-corrected chi connectivity index (χ3v) is 4.50. The van der Waals surface area contributed by atoms with Crippen molar-refractivity contribution in [3.8, 4) is 0 Å². The summed E-state index contributed by atoms with van der Waals surface area (Å²) in [6, 6.07) is 18.2. The first-order valence-electron chi connectivity index (χ1n) is 8.43. The summed E-state index contributed by atoms with van der Waals surface area (Å²) in [5, 5.41) is 6.45. The summed E-state index contributed by atoms with van der Waals surface area (Å²) in [5.74, 6) is 0.748. The maximum atomic E-state index is 12.5. The summed E-state index contributed by atoms with van der Waals surface area (Å²) in [6.07, 6.45) is 3.07. The molecule has 0 bridgehead atoms. The first kappa shape index (κ1) is 15.8. The Kier molecular flexibility index (Phi) is 5.43. The van der Waals surface area contributed by atoms with Crippen molar-refractivity contribution in [2.75, 3.05) is 19.6 Å². The van der Waals surface area contributed by atoms with Crippen LogP contribution in [0.5, 0.6) is 0 Å². The summed E-state index contributed by atoms with van der Waals surface area (Å²) < 4.78 is 0. The van der Waals surface area contributed by atoms with E-state index in [9.17, 15) is 4.79 Å². The molecule has 23 heavy (non-hydrogen) atoms. The lowest BCUT2D eigenvalue weighted by Gasteiger charge is -2.12. The molecule has 1 unspecified atom stereocenters. The van der Waals surface area contributed by atoms with Crippen LogP contribution in [0.25, 0.3) is 0 Å². The van der Waals surface area contributed by atoms with E-state index in [1.807, 2.05) is 42.5 Å². The van der Waals surface area contributed by atoms with Gasteiger partial charge in [-0.25, -0.2) is 0 Å². The van der Waals surface area contributed by atoms with Crippen molar-refractivity contribution < 1.29 is 4.79 Å². The van der Waals surface area contributed by atoms with Crippen LogP contribution >= 0.6 is 0 Å². The lowest BCUT2D eigenvalue weighted by molar-refractivity contribution is 0.0951. The molecule has 1 aliphatic heterocycles. The lowest BCUT2D eigenvalue weighted by Crippen LogP contribution is -2.27. The van der Waals surface area contributed by atoms with E-state index in [1.54, 1.807) is 0 Å². The van der Waals surface area contributed by atoms with Crippen LogP contribution in [0.4, 0.5) is 0 Å². The van der Waals surface area contributed by atoms with Gasteiger partial charge in [-0.1, -0.05) is 48.5 Å². The number of hydrogen-bond acceptors (Lipinski definition) is 2. The van der Waals surface area contributed by atoms with E-state index in [4.69, 9.17) is 0 Å². The van der Waals surface area contributed by atoms with Crippen LogP contribution in [0, 0.1) is 5.92 Å². The van der Waals surface area contributed by atoms with Crippen LogP contribution in [0.1, 0.15) is 34.3 Å².